The van der Waals surface area contributed by atoms with Crippen molar-refractivity contribution in [2.45, 2.75) is 46.1 Å². The first-order valence-corrected chi connectivity index (χ1v) is 11.5. The van der Waals surface area contributed by atoms with Gasteiger partial charge in [0.05, 0.1) is 21.9 Å². The number of aromatic amines is 1. The summed E-state index contributed by atoms with van der Waals surface area (Å²) in [5.41, 5.74) is 2.15. The molecule has 30 heavy (non-hydrogen) atoms. The zero-order valence-corrected chi connectivity index (χ0v) is 20.0. The minimum atomic E-state index is 0.812. The summed E-state index contributed by atoms with van der Waals surface area (Å²) < 4.78 is 1.07. The minimum Gasteiger partial charge on any atom is -0.362 e. The zero-order valence-electron chi connectivity index (χ0n) is 18.5. The van der Waals surface area contributed by atoms with Crippen molar-refractivity contribution in [3.05, 3.63) is 46.5 Å². The fraction of sp³-hybridized carbons (Fsp3) is 0.522. The number of rotatable bonds is 5. The Kier molecular flexibility index (Phi) is 8.22. The van der Waals surface area contributed by atoms with Crippen LogP contribution in [0.3, 0.4) is 0 Å². The fourth-order valence-electron chi connectivity index (χ4n) is 3.87. The predicted octanol–water partition coefficient (Wildman–Crippen LogP) is 5.09. The fourth-order valence-corrected chi connectivity index (χ4v) is 4.20. The number of nitrogens with zero attached hydrogens (tertiary/aromatic N) is 4. The van der Waals surface area contributed by atoms with Gasteiger partial charge < -0.3 is 10.2 Å². The second-order valence-corrected chi connectivity index (χ2v) is 9.31. The molecule has 2 N–H and O–H groups in total. The standard InChI is InChI=1S/C12H20BrN3.C11H13N3/c1-9-2-4-10(5-3-9)6-14-8-12-11(13)7-15-16-12;1-8-12-10-7-5-4-6-9(10)11(13-8)14(2)3/h7,9-10,14H,2-6,8H2,1H3,(H,15,16);4-7H,1-3H3. The Balaban J connectivity index is 0.000000172. The molecule has 162 valence electrons. The molecule has 3 aromatic rings. The predicted molar refractivity (Wildman–Crippen MR) is 128 cm³/mol. The molecule has 0 atom stereocenters. The third-order valence-corrected chi connectivity index (χ3v) is 6.34. The molecule has 2 heterocycles. The lowest BCUT2D eigenvalue weighted by Gasteiger charge is -2.26. The lowest BCUT2D eigenvalue weighted by molar-refractivity contribution is 0.281. The molecule has 7 heteroatoms. The summed E-state index contributed by atoms with van der Waals surface area (Å²) >= 11 is 3.47. The summed E-state index contributed by atoms with van der Waals surface area (Å²) in [4.78, 5) is 10.8. The Bertz CT molecular complexity index is 930. The average molecular weight is 473 g/mol. The number of para-hydroxylation sites is 1. The third kappa shape index (κ3) is 6.25. The van der Waals surface area contributed by atoms with Crippen LogP contribution in [0.1, 0.15) is 44.1 Å². The molecule has 1 fully saturated rings. The van der Waals surface area contributed by atoms with Crippen LogP contribution in [0.4, 0.5) is 5.82 Å². The first-order valence-electron chi connectivity index (χ1n) is 10.7. The van der Waals surface area contributed by atoms with Crippen molar-refractivity contribution in [1.29, 1.82) is 0 Å². The number of aromatic nitrogens is 4. The number of hydrogen-bond acceptors (Lipinski definition) is 5. The van der Waals surface area contributed by atoms with Gasteiger partial charge in [-0.25, -0.2) is 9.97 Å². The highest BCUT2D eigenvalue weighted by Gasteiger charge is 2.17. The molecule has 0 amide bonds. The van der Waals surface area contributed by atoms with Gasteiger partial charge in [-0.2, -0.15) is 5.10 Å². The average Bonchev–Trinajstić information content (AvgIpc) is 3.14. The van der Waals surface area contributed by atoms with Gasteiger partial charge in [-0.05, 0) is 66.2 Å². The highest BCUT2D eigenvalue weighted by atomic mass is 79.9. The van der Waals surface area contributed by atoms with E-state index in [2.05, 4.69) is 48.3 Å². The first kappa shape index (κ1) is 22.7. The molecule has 0 aliphatic heterocycles. The lowest BCUT2D eigenvalue weighted by Crippen LogP contribution is -2.25. The monoisotopic (exact) mass is 472 g/mol. The van der Waals surface area contributed by atoms with Crippen LogP contribution in [0.5, 0.6) is 0 Å². The first-order chi connectivity index (χ1) is 14.4. The molecule has 4 rings (SSSR count). The number of nitrogens with one attached hydrogen (secondary N) is 2. The van der Waals surface area contributed by atoms with E-state index in [0.717, 1.165) is 57.6 Å². The third-order valence-electron chi connectivity index (χ3n) is 5.65. The molecule has 1 aliphatic carbocycles. The topological polar surface area (TPSA) is 69.7 Å². The molecular weight excluding hydrogens is 440 g/mol. The molecule has 0 bridgehead atoms. The van der Waals surface area contributed by atoms with Crippen LogP contribution >= 0.6 is 15.9 Å². The van der Waals surface area contributed by atoms with Gasteiger partial charge in [-0.3, -0.25) is 5.10 Å². The van der Waals surface area contributed by atoms with E-state index >= 15 is 0 Å². The summed E-state index contributed by atoms with van der Waals surface area (Å²) in [5.74, 6) is 3.61. The van der Waals surface area contributed by atoms with Crippen molar-refractivity contribution in [1.82, 2.24) is 25.5 Å². The van der Waals surface area contributed by atoms with Crippen LogP contribution in [0.15, 0.2) is 34.9 Å². The SMILES string of the molecule is CC1CCC(CNCc2[nH]ncc2Br)CC1.Cc1nc(N(C)C)c2ccccc2n1. The van der Waals surface area contributed by atoms with E-state index in [4.69, 9.17) is 0 Å². The molecule has 0 saturated heterocycles. The van der Waals surface area contributed by atoms with Crippen LogP contribution in [0, 0.1) is 18.8 Å². The van der Waals surface area contributed by atoms with Gasteiger partial charge in [-0.1, -0.05) is 31.9 Å². The number of H-pyrrole nitrogens is 1. The number of anilines is 1. The minimum absolute atomic E-state index is 0.812. The second kappa shape index (κ2) is 10.9. The van der Waals surface area contributed by atoms with Crippen molar-refractivity contribution in [2.75, 3.05) is 25.5 Å². The summed E-state index contributed by atoms with van der Waals surface area (Å²) in [6.45, 7) is 6.30. The summed E-state index contributed by atoms with van der Waals surface area (Å²) in [6, 6.07) is 8.06. The molecular formula is C23H33BrN6. The van der Waals surface area contributed by atoms with E-state index in [9.17, 15) is 0 Å². The van der Waals surface area contributed by atoms with Crippen LogP contribution < -0.4 is 10.2 Å². The van der Waals surface area contributed by atoms with E-state index in [1.165, 1.54) is 25.7 Å². The highest BCUT2D eigenvalue weighted by molar-refractivity contribution is 9.10. The Hall–Kier alpha value is -1.99. The quantitative estimate of drug-likeness (QED) is 0.540. The van der Waals surface area contributed by atoms with Crippen LogP contribution in [0.2, 0.25) is 0 Å². The van der Waals surface area contributed by atoms with Gasteiger partial charge in [0, 0.05) is 26.0 Å². The molecule has 0 spiro atoms. The molecule has 1 aliphatic rings. The van der Waals surface area contributed by atoms with Crippen LogP contribution in [-0.4, -0.2) is 40.8 Å². The molecule has 6 nitrogen and oxygen atoms in total. The van der Waals surface area contributed by atoms with E-state index in [-0.39, 0.29) is 0 Å². The highest BCUT2D eigenvalue weighted by Crippen LogP contribution is 2.27. The van der Waals surface area contributed by atoms with E-state index in [0.29, 0.717) is 0 Å². The van der Waals surface area contributed by atoms with E-state index in [1.54, 1.807) is 6.20 Å². The maximum absolute atomic E-state index is 4.42. The Morgan fingerprint density at radius 3 is 2.53 bits per heavy atom. The van der Waals surface area contributed by atoms with Crippen molar-refractivity contribution in [3.8, 4) is 0 Å². The molecule has 2 aromatic heterocycles. The molecule has 1 aromatic carbocycles. The van der Waals surface area contributed by atoms with Crippen molar-refractivity contribution >= 4 is 32.7 Å². The summed E-state index contributed by atoms with van der Waals surface area (Å²) in [7, 11) is 3.99. The normalized spacial score (nSPS) is 18.7. The van der Waals surface area contributed by atoms with Gasteiger partial charge in [-0.15, -0.1) is 0 Å². The van der Waals surface area contributed by atoms with Gasteiger partial charge in [0.25, 0.3) is 0 Å². The summed E-state index contributed by atoms with van der Waals surface area (Å²) in [6.07, 6.45) is 7.39. The summed E-state index contributed by atoms with van der Waals surface area (Å²) in [5, 5.41) is 11.6. The van der Waals surface area contributed by atoms with Gasteiger partial charge in [0.1, 0.15) is 11.6 Å². The van der Waals surface area contributed by atoms with Crippen molar-refractivity contribution in [3.63, 3.8) is 0 Å². The Morgan fingerprint density at radius 2 is 1.87 bits per heavy atom. The number of hydrogen-bond donors (Lipinski definition) is 2. The number of benzene rings is 1. The smallest absolute Gasteiger partial charge is 0.139 e. The maximum atomic E-state index is 4.42. The Labute approximate surface area is 188 Å². The van der Waals surface area contributed by atoms with Gasteiger partial charge in [0.15, 0.2) is 0 Å². The number of aryl methyl sites for hydroxylation is 1. The number of fused-ring (bicyclic) bond motifs is 1. The largest absolute Gasteiger partial charge is 0.362 e. The molecule has 0 unspecified atom stereocenters. The van der Waals surface area contributed by atoms with Gasteiger partial charge in [0.2, 0.25) is 0 Å². The van der Waals surface area contributed by atoms with Crippen molar-refractivity contribution in [2.24, 2.45) is 11.8 Å². The van der Waals surface area contributed by atoms with Crippen molar-refractivity contribution < 1.29 is 0 Å². The molecule has 0 radical (unpaired) electrons. The maximum Gasteiger partial charge on any atom is 0.139 e. The van der Waals surface area contributed by atoms with E-state index < -0.39 is 0 Å². The number of halogens is 1. The van der Waals surface area contributed by atoms with Crippen LogP contribution in [-0.2, 0) is 6.54 Å². The second-order valence-electron chi connectivity index (χ2n) is 8.46. The lowest BCUT2D eigenvalue weighted by atomic mass is 9.83. The Morgan fingerprint density at radius 1 is 1.13 bits per heavy atom. The van der Waals surface area contributed by atoms with Crippen LogP contribution in [0.25, 0.3) is 10.9 Å². The molecule has 1 saturated carbocycles. The van der Waals surface area contributed by atoms with Gasteiger partial charge >= 0.3 is 0 Å². The van der Waals surface area contributed by atoms with E-state index in [1.807, 2.05) is 50.2 Å². The zero-order chi connectivity index (χ0) is 21.5.